The van der Waals surface area contributed by atoms with E-state index in [-0.39, 0.29) is 0 Å². The fraction of sp³-hybridized carbons (Fsp3) is 0.889. The molecule has 0 aromatic carbocycles. The van der Waals surface area contributed by atoms with Crippen LogP contribution in [0.1, 0.15) is 90.4 Å². The molecular formula is C18H38N2. The Labute approximate surface area is 127 Å². The van der Waals surface area contributed by atoms with Crippen molar-refractivity contribution < 1.29 is 0 Å². The lowest BCUT2D eigenvalue weighted by atomic mass is 10.1. The molecule has 2 heteroatoms. The lowest BCUT2D eigenvalue weighted by Gasteiger charge is -2.08. The quantitative estimate of drug-likeness (QED) is 0.331. The van der Waals surface area contributed by atoms with E-state index in [1.165, 1.54) is 70.6 Å². The van der Waals surface area contributed by atoms with Crippen LogP contribution < -0.4 is 11.5 Å². The van der Waals surface area contributed by atoms with Gasteiger partial charge in [0, 0.05) is 6.04 Å². The number of rotatable bonds is 15. The number of hydrogen-bond acceptors (Lipinski definition) is 2. The van der Waals surface area contributed by atoms with Crippen LogP contribution >= 0.6 is 0 Å². The highest BCUT2D eigenvalue weighted by Crippen LogP contribution is 2.09. The molecule has 0 aliphatic carbocycles. The van der Waals surface area contributed by atoms with Gasteiger partial charge >= 0.3 is 0 Å². The zero-order valence-corrected chi connectivity index (χ0v) is 13.8. The summed E-state index contributed by atoms with van der Waals surface area (Å²) < 4.78 is 0. The third-order valence-electron chi connectivity index (χ3n) is 3.87. The summed E-state index contributed by atoms with van der Waals surface area (Å²) in [5.41, 5.74) is 11.4. The van der Waals surface area contributed by atoms with Gasteiger partial charge in [-0.3, -0.25) is 0 Å². The lowest BCUT2D eigenvalue weighted by molar-refractivity contribution is 0.529. The van der Waals surface area contributed by atoms with Crippen LogP contribution in [0.2, 0.25) is 0 Å². The highest BCUT2D eigenvalue weighted by atomic mass is 14.6. The Balaban J connectivity index is 3.12. The van der Waals surface area contributed by atoms with Gasteiger partial charge in [0.15, 0.2) is 0 Å². The molecule has 20 heavy (non-hydrogen) atoms. The van der Waals surface area contributed by atoms with Crippen LogP contribution in [0.3, 0.4) is 0 Å². The summed E-state index contributed by atoms with van der Waals surface area (Å²) in [6.45, 7) is 3.00. The van der Waals surface area contributed by atoms with E-state index in [2.05, 4.69) is 19.1 Å². The molecule has 0 saturated carbocycles. The van der Waals surface area contributed by atoms with Crippen LogP contribution in [-0.2, 0) is 0 Å². The minimum Gasteiger partial charge on any atom is -0.330 e. The minimum atomic E-state index is 0.322. The Hall–Kier alpha value is -0.340. The third-order valence-corrected chi connectivity index (χ3v) is 3.87. The summed E-state index contributed by atoms with van der Waals surface area (Å²) in [5.74, 6) is 0. The molecule has 120 valence electrons. The zero-order chi connectivity index (χ0) is 14.9. The molecule has 0 fully saturated rings. The van der Waals surface area contributed by atoms with Gasteiger partial charge in [-0.1, -0.05) is 64.0 Å². The van der Waals surface area contributed by atoms with Crippen LogP contribution in [0.4, 0.5) is 0 Å². The average Bonchev–Trinajstić information content (AvgIpc) is 2.44. The van der Waals surface area contributed by atoms with Crippen LogP contribution in [-0.4, -0.2) is 12.6 Å². The van der Waals surface area contributed by atoms with Crippen molar-refractivity contribution in [3.63, 3.8) is 0 Å². The van der Waals surface area contributed by atoms with Gasteiger partial charge in [-0.2, -0.15) is 0 Å². The molecule has 0 spiro atoms. The molecule has 0 aliphatic rings. The van der Waals surface area contributed by atoms with E-state index in [1.807, 2.05) is 0 Å². The molecule has 0 bridgehead atoms. The first kappa shape index (κ1) is 19.7. The van der Waals surface area contributed by atoms with Crippen molar-refractivity contribution in [1.29, 1.82) is 0 Å². The standard InChI is InChI=1S/C18H38N2/c1-2-3-4-5-6-7-8-9-10-11-12-13-14-15-18(20)16-17-19/h9-10,18H,2-8,11-17,19-20H2,1H3. The first-order chi connectivity index (χ1) is 9.81. The SMILES string of the molecule is CCCCCCCCC=CCCCCCC(N)CCN. The topological polar surface area (TPSA) is 52.0 Å². The summed E-state index contributed by atoms with van der Waals surface area (Å²) in [6.07, 6.45) is 21.6. The Morgan fingerprint density at radius 2 is 1.30 bits per heavy atom. The summed E-state index contributed by atoms with van der Waals surface area (Å²) in [4.78, 5) is 0. The van der Waals surface area contributed by atoms with E-state index < -0.39 is 0 Å². The fourth-order valence-electron chi connectivity index (χ4n) is 2.48. The van der Waals surface area contributed by atoms with Crippen molar-refractivity contribution in [2.45, 2.75) is 96.4 Å². The summed E-state index contributed by atoms with van der Waals surface area (Å²) in [6, 6.07) is 0.322. The third kappa shape index (κ3) is 15.7. The van der Waals surface area contributed by atoms with E-state index >= 15 is 0 Å². The average molecular weight is 283 g/mol. The van der Waals surface area contributed by atoms with Crippen molar-refractivity contribution in [2.75, 3.05) is 6.54 Å². The van der Waals surface area contributed by atoms with Gasteiger partial charge in [0.05, 0.1) is 0 Å². The lowest BCUT2D eigenvalue weighted by Crippen LogP contribution is -2.23. The molecule has 1 unspecified atom stereocenters. The second-order valence-corrected chi connectivity index (χ2v) is 6.00. The Kier molecular flexibility index (Phi) is 16.4. The van der Waals surface area contributed by atoms with Gasteiger partial charge in [-0.05, 0) is 45.1 Å². The molecule has 0 aromatic heterocycles. The molecule has 0 amide bonds. The molecule has 0 aromatic rings. The fourth-order valence-corrected chi connectivity index (χ4v) is 2.48. The number of nitrogens with two attached hydrogens (primary N) is 2. The Morgan fingerprint density at radius 1 is 0.750 bits per heavy atom. The predicted octanol–water partition coefficient (Wildman–Crippen LogP) is 4.92. The number of hydrogen-bond donors (Lipinski definition) is 2. The minimum absolute atomic E-state index is 0.322. The van der Waals surface area contributed by atoms with Crippen LogP contribution in [0.15, 0.2) is 12.2 Å². The van der Waals surface area contributed by atoms with E-state index in [0.29, 0.717) is 6.04 Å². The molecule has 4 N–H and O–H groups in total. The van der Waals surface area contributed by atoms with Crippen molar-refractivity contribution >= 4 is 0 Å². The second-order valence-electron chi connectivity index (χ2n) is 6.00. The van der Waals surface area contributed by atoms with Crippen LogP contribution in [0.5, 0.6) is 0 Å². The monoisotopic (exact) mass is 282 g/mol. The highest BCUT2D eigenvalue weighted by Gasteiger charge is 1.99. The van der Waals surface area contributed by atoms with Crippen LogP contribution in [0, 0.1) is 0 Å². The molecule has 0 aliphatic heterocycles. The largest absolute Gasteiger partial charge is 0.330 e. The van der Waals surface area contributed by atoms with E-state index in [0.717, 1.165) is 19.4 Å². The highest BCUT2D eigenvalue weighted by molar-refractivity contribution is 4.81. The molecule has 0 rings (SSSR count). The van der Waals surface area contributed by atoms with Gasteiger partial charge in [0.1, 0.15) is 0 Å². The Morgan fingerprint density at radius 3 is 1.90 bits per heavy atom. The maximum absolute atomic E-state index is 5.93. The van der Waals surface area contributed by atoms with Gasteiger partial charge in [0.25, 0.3) is 0 Å². The van der Waals surface area contributed by atoms with Gasteiger partial charge in [0.2, 0.25) is 0 Å². The van der Waals surface area contributed by atoms with Crippen molar-refractivity contribution in [1.82, 2.24) is 0 Å². The van der Waals surface area contributed by atoms with Gasteiger partial charge in [-0.15, -0.1) is 0 Å². The van der Waals surface area contributed by atoms with Gasteiger partial charge in [-0.25, -0.2) is 0 Å². The van der Waals surface area contributed by atoms with Crippen molar-refractivity contribution in [3.8, 4) is 0 Å². The maximum atomic E-state index is 5.93. The summed E-state index contributed by atoms with van der Waals surface area (Å²) in [5, 5.41) is 0. The van der Waals surface area contributed by atoms with E-state index in [4.69, 9.17) is 11.5 Å². The number of allylic oxidation sites excluding steroid dienone is 2. The molecule has 0 heterocycles. The first-order valence-electron chi connectivity index (χ1n) is 8.92. The molecule has 2 nitrogen and oxygen atoms in total. The Bertz CT molecular complexity index is 202. The van der Waals surface area contributed by atoms with E-state index in [1.54, 1.807) is 0 Å². The summed E-state index contributed by atoms with van der Waals surface area (Å²) >= 11 is 0. The van der Waals surface area contributed by atoms with Crippen LogP contribution in [0.25, 0.3) is 0 Å². The van der Waals surface area contributed by atoms with Crippen molar-refractivity contribution in [3.05, 3.63) is 12.2 Å². The molecule has 1 atom stereocenters. The van der Waals surface area contributed by atoms with Crippen molar-refractivity contribution in [2.24, 2.45) is 11.5 Å². The molecular weight excluding hydrogens is 244 g/mol. The summed E-state index contributed by atoms with van der Waals surface area (Å²) in [7, 11) is 0. The van der Waals surface area contributed by atoms with Gasteiger partial charge < -0.3 is 11.5 Å². The first-order valence-corrected chi connectivity index (χ1v) is 8.92. The number of unbranched alkanes of at least 4 members (excludes halogenated alkanes) is 9. The van der Waals surface area contributed by atoms with E-state index in [9.17, 15) is 0 Å². The maximum Gasteiger partial charge on any atom is 0.00508 e. The smallest absolute Gasteiger partial charge is 0.00508 e. The predicted molar refractivity (Wildman–Crippen MR) is 91.9 cm³/mol. The molecule has 0 radical (unpaired) electrons. The molecule has 0 saturated heterocycles. The normalized spacial score (nSPS) is 13.2. The zero-order valence-electron chi connectivity index (χ0n) is 13.8. The second kappa shape index (κ2) is 16.7.